The van der Waals surface area contributed by atoms with Gasteiger partial charge < -0.3 is 15.4 Å². The van der Waals surface area contributed by atoms with E-state index in [1.54, 1.807) is 7.11 Å². The molecule has 0 aliphatic heterocycles. The van der Waals surface area contributed by atoms with Gasteiger partial charge in [0.15, 0.2) is 0 Å². The summed E-state index contributed by atoms with van der Waals surface area (Å²) in [5.41, 5.74) is 8.39. The molecule has 98 valence electrons. The van der Waals surface area contributed by atoms with Gasteiger partial charge in [0.1, 0.15) is 5.75 Å². The summed E-state index contributed by atoms with van der Waals surface area (Å²) in [5, 5.41) is 0. The second-order valence-corrected chi connectivity index (χ2v) is 4.85. The highest BCUT2D eigenvalue weighted by atomic mass is 16.5. The molecular weight excluding hydrogens is 224 g/mol. The quantitative estimate of drug-likeness (QED) is 0.784. The van der Waals surface area contributed by atoms with Crippen LogP contribution in [0.2, 0.25) is 0 Å². The van der Waals surface area contributed by atoms with Crippen LogP contribution >= 0.6 is 0 Å². The maximum absolute atomic E-state index is 6.11. The molecule has 0 heterocycles. The lowest BCUT2D eigenvalue weighted by atomic mass is 10.0. The number of hydrogen-bond acceptors (Lipinski definition) is 3. The van der Waals surface area contributed by atoms with Crippen LogP contribution < -0.4 is 15.4 Å². The zero-order valence-corrected chi connectivity index (χ0v) is 11.2. The van der Waals surface area contributed by atoms with Crippen molar-refractivity contribution in [2.24, 2.45) is 5.73 Å². The minimum Gasteiger partial charge on any atom is -0.496 e. The summed E-state index contributed by atoms with van der Waals surface area (Å²) in [5.74, 6) is 0.872. The smallest absolute Gasteiger partial charge is 0.125 e. The van der Waals surface area contributed by atoms with Crippen molar-refractivity contribution >= 4 is 5.69 Å². The maximum Gasteiger partial charge on any atom is 0.125 e. The summed E-state index contributed by atoms with van der Waals surface area (Å²) in [4.78, 5) is 2.38. The fourth-order valence-electron chi connectivity index (χ4n) is 2.39. The Kier molecular flexibility index (Phi) is 3.92. The van der Waals surface area contributed by atoms with Gasteiger partial charge in [-0.15, -0.1) is 6.58 Å². The molecule has 0 amide bonds. The van der Waals surface area contributed by atoms with E-state index in [2.05, 4.69) is 17.5 Å². The summed E-state index contributed by atoms with van der Waals surface area (Å²) < 4.78 is 5.44. The van der Waals surface area contributed by atoms with E-state index < -0.39 is 0 Å². The number of nitrogens with two attached hydrogens (primary N) is 1. The van der Waals surface area contributed by atoms with Crippen LogP contribution in [0.3, 0.4) is 0 Å². The molecule has 1 aliphatic carbocycles. The largest absolute Gasteiger partial charge is 0.496 e. The number of hydrogen-bond donors (Lipinski definition) is 1. The molecule has 1 saturated carbocycles. The molecule has 1 aliphatic rings. The molecule has 2 N–H and O–H groups in total. The maximum atomic E-state index is 6.11. The summed E-state index contributed by atoms with van der Waals surface area (Å²) in [7, 11) is 1.69. The Morgan fingerprint density at radius 3 is 2.78 bits per heavy atom. The van der Waals surface area contributed by atoms with Gasteiger partial charge in [-0.05, 0) is 31.9 Å². The lowest BCUT2D eigenvalue weighted by Crippen LogP contribution is -2.28. The van der Waals surface area contributed by atoms with Crippen molar-refractivity contribution in [3.8, 4) is 5.75 Å². The standard InChI is InChI=1S/C15H22N2O/c1-4-10-17(12-8-9-12)13-6-5-7-14(18-3)15(13)11(2)16/h4-7,11-12H,1,8-10,16H2,2-3H3. The molecule has 0 saturated heterocycles. The van der Waals surface area contributed by atoms with Crippen LogP contribution in [0.15, 0.2) is 30.9 Å². The van der Waals surface area contributed by atoms with E-state index in [4.69, 9.17) is 10.5 Å². The lowest BCUT2D eigenvalue weighted by molar-refractivity contribution is 0.407. The van der Waals surface area contributed by atoms with Gasteiger partial charge in [-0.3, -0.25) is 0 Å². The Balaban J connectivity index is 2.43. The Morgan fingerprint density at radius 2 is 2.28 bits per heavy atom. The zero-order chi connectivity index (χ0) is 13.1. The second kappa shape index (κ2) is 5.44. The Labute approximate surface area is 109 Å². The van der Waals surface area contributed by atoms with Crippen molar-refractivity contribution in [3.05, 3.63) is 36.4 Å². The highest BCUT2D eigenvalue weighted by Crippen LogP contribution is 2.39. The van der Waals surface area contributed by atoms with Gasteiger partial charge in [-0.1, -0.05) is 12.1 Å². The van der Waals surface area contributed by atoms with Gasteiger partial charge in [0.2, 0.25) is 0 Å². The Morgan fingerprint density at radius 1 is 1.56 bits per heavy atom. The predicted octanol–water partition coefficient (Wildman–Crippen LogP) is 2.87. The van der Waals surface area contributed by atoms with E-state index in [1.165, 1.54) is 18.5 Å². The first-order chi connectivity index (χ1) is 8.69. The molecule has 1 aromatic rings. The summed E-state index contributed by atoms with van der Waals surface area (Å²) in [6.45, 7) is 6.71. The molecule has 3 nitrogen and oxygen atoms in total. The van der Waals surface area contributed by atoms with Gasteiger partial charge in [0.25, 0.3) is 0 Å². The third-order valence-corrected chi connectivity index (χ3v) is 3.34. The normalized spacial score (nSPS) is 16.2. The minimum absolute atomic E-state index is 0.0396. The van der Waals surface area contributed by atoms with Gasteiger partial charge in [-0.25, -0.2) is 0 Å². The van der Waals surface area contributed by atoms with E-state index in [1.807, 2.05) is 25.1 Å². The van der Waals surface area contributed by atoms with Crippen molar-refractivity contribution in [2.75, 3.05) is 18.6 Å². The van der Waals surface area contributed by atoms with Crippen LogP contribution in [0.5, 0.6) is 5.75 Å². The van der Waals surface area contributed by atoms with Gasteiger partial charge >= 0.3 is 0 Å². The number of rotatable bonds is 6. The number of ether oxygens (including phenoxy) is 1. The average molecular weight is 246 g/mol. The molecule has 1 unspecified atom stereocenters. The summed E-state index contributed by atoms with van der Waals surface area (Å²) in [6, 6.07) is 6.72. The molecular formula is C15H22N2O. The minimum atomic E-state index is -0.0396. The molecule has 18 heavy (non-hydrogen) atoms. The highest BCUT2D eigenvalue weighted by molar-refractivity contribution is 5.62. The number of anilines is 1. The number of methoxy groups -OCH3 is 1. The van der Waals surface area contributed by atoms with Crippen LogP contribution in [0.25, 0.3) is 0 Å². The summed E-state index contributed by atoms with van der Waals surface area (Å²) in [6.07, 6.45) is 4.45. The van der Waals surface area contributed by atoms with Crippen molar-refractivity contribution in [3.63, 3.8) is 0 Å². The zero-order valence-electron chi connectivity index (χ0n) is 11.2. The first-order valence-corrected chi connectivity index (χ1v) is 6.49. The van der Waals surface area contributed by atoms with E-state index in [0.717, 1.165) is 17.9 Å². The Hall–Kier alpha value is -1.48. The Bertz CT molecular complexity index is 425. The molecule has 0 bridgehead atoms. The second-order valence-electron chi connectivity index (χ2n) is 4.85. The molecule has 3 heteroatoms. The van der Waals surface area contributed by atoms with E-state index in [9.17, 15) is 0 Å². The van der Waals surface area contributed by atoms with Gasteiger partial charge in [-0.2, -0.15) is 0 Å². The molecule has 1 atom stereocenters. The van der Waals surface area contributed by atoms with Crippen LogP contribution in [-0.4, -0.2) is 19.7 Å². The third kappa shape index (κ3) is 2.51. The van der Waals surface area contributed by atoms with Gasteiger partial charge in [0.05, 0.1) is 7.11 Å². The molecule has 1 fully saturated rings. The van der Waals surface area contributed by atoms with Crippen molar-refractivity contribution in [1.82, 2.24) is 0 Å². The van der Waals surface area contributed by atoms with Crippen LogP contribution in [-0.2, 0) is 0 Å². The number of nitrogens with zero attached hydrogens (tertiary/aromatic N) is 1. The van der Waals surface area contributed by atoms with Crippen molar-refractivity contribution in [1.29, 1.82) is 0 Å². The fraction of sp³-hybridized carbons (Fsp3) is 0.467. The van der Waals surface area contributed by atoms with E-state index >= 15 is 0 Å². The van der Waals surface area contributed by atoms with E-state index in [0.29, 0.717) is 6.04 Å². The molecule has 0 radical (unpaired) electrons. The first kappa shape index (κ1) is 13.0. The van der Waals surface area contributed by atoms with Crippen LogP contribution in [0, 0.1) is 0 Å². The SMILES string of the molecule is C=CCN(c1cccc(OC)c1C(C)N)C1CC1. The van der Waals surface area contributed by atoms with Crippen molar-refractivity contribution in [2.45, 2.75) is 31.8 Å². The topological polar surface area (TPSA) is 38.5 Å². The molecule has 1 aromatic carbocycles. The predicted molar refractivity (Wildman–Crippen MR) is 76.2 cm³/mol. The number of benzene rings is 1. The van der Waals surface area contributed by atoms with Gasteiger partial charge in [0, 0.05) is 29.9 Å². The fourth-order valence-corrected chi connectivity index (χ4v) is 2.39. The third-order valence-electron chi connectivity index (χ3n) is 3.34. The average Bonchev–Trinajstić information content (AvgIpc) is 3.19. The van der Waals surface area contributed by atoms with E-state index in [-0.39, 0.29) is 6.04 Å². The van der Waals surface area contributed by atoms with Crippen LogP contribution in [0.4, 0.5) is 5.69 Å². The molecule has 2 rings (SSSR count). The first-order valence-electron chi connectivity index (χ1n) is 6.49. The monoisotopic (exact) mass is 246 g/mol. The highest BCUT2D eigenvalue weighted by Gasteiger charge is 2.30. The molecule has 0 spiro atoms. The lowest BCUT2D eigenvalue weighted by Gasteiger charge is -2.28. The molecule has 0 aromatic heterocycles. The summed E-state index contributed by atoms with van der Waals surface area (Å²) >= 11 is 0. The van der Waals surface area contributed by atoms with Crippen molar-refractivity contribution < 1.29 is 4.74 Å². The van der Waals surface area contributed by atoms with Crippen LogP contribution in [0.1, 0.15) is 31.4 Å².